The Bertz CT molecular complexity index is 400. The highest BCUT2D eigenvalue weighted by atomic mass is 16.3. The molecule has 0 saturated heterocycles. The second-order valence-corrected chi connectivity index (χ2v) is 4.40. The van der Waals surface area contributed by atoms with Gasteiger partial charge in [0, 0.05) is 18.4 Å². The molecule has 0 unspecified atom stereocenters. The molecule has 2 rings (SSSR count). The molecule has 1 fully saturated rings. The van der Waals surface area contributed by atoms with Crippen LogP contribution in [0.3, 0.4) is 0 Å². The Kier molecular flexibility index (Phi) is 2.92. The smallest absolute Gasteiger partial charge is 0.253 e. The first-order valence-corrected chi connectivity index (χ1v) is 5.53. The van der Waals surface area contributed by atoms with Crippen LogP contribution >= 0.6 is 0 Å². The van der Waals surface area contributed by atoms with Crippen LogP contribution in [0.1, 0.15) is 35.3 Å². The summed E-state index contributed by atoms with van der Waals surface area (Å²) < 4.78 is 0. The maximum absolute atomic E-state index is 11.8. The van der Waals surface area contributed by atoms with Crippen LogP contribution in [0, 0.1) is 6.92 Å². The van der Waals surface area contributed by atoms with Gasteiger partial charge in [0.25, 0.3) is 5.91 Å². The van der Waals surface area contributed by atoms with E-state index in [1.165, 1.54) is 0 Å². The molecule has 0 aromatic carbocycles. The van der Waals surface area contributed by atoms with E-state index < -0.39 is 5.60 Å². The van der Waals surface area contributed by atoms with E-state index in [-0.39, 0.29) is 5.91 Å². The predicted molar refractivity (Wildman–Crippen MR) is 60.1 cm³/mol. The Labute approximate surface area is 94.7 Å². The number of amides is 1. The Balaban J connectivity index is 1.96. The summed E-state index contributed by atoms with van der Waals surface area (Å²) >= 11 is 0. The highest BCUT2D eigenvalue weighted by Gasteiger charge is 2.34. The molecule has 1 amide bonds. The number of hydrogen-bond acceptors (Lipinski definition) is 3. The number of aryl methyl sites for hydroxylation is 1. The van der Waals surface area contributed by atoms with E-state index in [0.717, 1.165) is 19.3 Å². The second-order valence-electron chi connectivity index (χ2n) is 4.40. The highest BCUT2D eigenvalue weighted by molar-refractivity contribution is 5.95. The standard InChI is InChI=1S/C12H16N2O2/c1-9-10(4-2-7-13-9)11(15)14-8-12(16)5-3-6-12/h2,4,7,16H,3,5-6,8H2,1H3,(H,14,15). The molecule has 86 valence electrons. The molecule has 1 aromatic rings. The molecular weight excluding hydrogens is 204 g/mol. The molecular formula is C12H16N2O2. The topological polar surface area (TPSA) is 62.2 Å². The molecule has 1 saturated carbocycles. The number of carbonyl (C=O) groups is 1. The highest BCUT2D eigenvalue weighted by Crippen LogP contribution is 2.30. The largest absolute Gasteiger partial charge is 0.388 e. The van der Waals surface area contributed by atoms with E-state index in [1.807, 2.05) is 0 Å². The minimum absolute atomic E-state index is 0.161. The lowest BCUT2D eigenvalue weighted by Crippen LogP contribution is -2.47. The molecule has 4 heteroatoms. The Morgan fingerprint density at radius 1 is 1.62 bits per heavy atom. The monoisotopic (exact) mass is 220 g/mol. The van der Waals surface area contributed by atoms with Crippen molar-refractivity contribution in [1.82, 2.24) is 10.3 Å². The number of pyridine rings is 1. The van der Waals surface area contributed by atoms with Gasteiger partial charge in [-0.1, -0.05) is 0 Å². The van der Waals surface area contributed by atoms with Gasteiger partial charge in [0.05, 0.1) is 11.2 Å². The summed E-state index contributed by atoms with van der Waals surface area (Å²) in [6.07, 6.45) is 4.25. The fourth-order valence-electron chi connectivity index (χ4n) is 1.83. The van der Waals surface area contributed by atoms with Gasteiger partial charge >= 0.3 is 0 Å². The number of hydrogen-bond donors (Lipinski definition) is 2. The van der Waals surface area contributed by atoms with Crippen LogP contribution < -0.4 is 5.32 Å². The van der Waals surface area contributed by atoms with E-state index in [1.54, 1.807) is 25.3 Å². The lowest BCUT2D eigenvalue weighted by Gasteiger charge is -2.36. The molecule has 1 heterocycles. The van der Waals surface area contributed by atoms with Gasteiger partial charge in [-0.2, -0.15) is 0 Å². The summed E-state index contributed by atoms with van der Waals surface area (Å²) in [6, 6.07) is 3.47. The third-order valence-electron chi connectivity index (χ3n) is 3.11. The summed E-state index contributed by atoms with van der Waals surface area (Å²) in [4.78, 5) is 15.8. The van der Waals surface area contributed by atoms with Gasteiger partial charge in [0.2, 0.25) is 0 Å². The molecule has 1 aliphatic rings. The second kappa shape index (κ2) is 4.22. The van der Waals surface area contributed by atoms with Crippen LogP contribution in [0.15, 0.2) is 18.3 Å². The molecule has 1 aliphatic carbocycles. The molecule has 0 spiro atoms. The molecule has 0 bridgehead atoms. The van der Waals surface area contributed by atoms with E-state index in [9.17, 15) is 9.90 Å². The van der Waals surface area contributed by atoms with E-state index in [4.69, 9.17) is 0 Å². The number of nitrogens with zero attached hydrogens (tertiary/aromatic N) is 1. The number of rotatable bonds is 3. The third-order valence-corrected chi connectivity index (χ3v) is 3.11. The van der Waals surface area contributed by atoms with Crippen molar-refractivity contribution < 1.29 is 9.90 Å². The molecule has 0 radical (unpaired) electrons. The van der Waals surface area contributed by atoms with Crippen molar-refractivity contribution >= 4 is 5.91 Å². The molecule has 0 atom stereocenters. The van der Waals surface area contributed by atoms with Crippen LogP contribution in [0.4, 0.5) is 0 Å². The van der Waals surface area contributed by atoms with E-state index >= 15 is 0 Å². The van der Waals surface area contributed by atoms with Crippen LogP contribution in [0.5, 0.6) is 0 Å². The zero-order chi connectivity index (χ0) is 11.6. The molecule has 4 nitrogen and oxygen atoms in total. The average Bonchev–Trinajstić information content (AvgIpc) is 2.24. The lowest BCUT2D eigenvalue weighted by molar-refractivity contribution is -0.0300. The summed E-state index contributed by atoms with van der Waals surface area (Å²) in [7, 11) is 0. The fraction of sp³-hybridized carbons (Fsp3) is 0.500. The van der Waals surface area contributed by atoms with Gasteiger partial charge in [-0.25, -0.2) is 0 Å². The first-order valence-electron chi connectivity index (χ1n) is 5.53. The van der Waals surface area contributed by atoms with E-state index in [2.05, 4.69) is 10.3 Å². The number of aromatic nitrogens is 1. The Hall–Kier alpha value is -1.42. The van der Waals surface area contributed by atoms with Crippen LogP contribution in [0.2, 0.25) is 0 Å². The normalized spacial score (nSPS) is 17.6. The minimum Gasteiger partial charge on any atom is -0.388 e. The quantitative estimate of drug-likeness (QED) is 0.800. The minimum atomic E-state index is -0.675. The van der Waals surface area contributed by atoms with Crippen molar-refractivity contribution in [2.45, 2.75) is 31.8 Å². The van der Waals surface area contributed by atoms with E-state index in [0.29, 0.717) is 17.8 Å². The predicted octanol–water partition coefficient (Wildman–Crippen LogP) is 1.03. The maximum atomic E-state index is 11.8. The fourth-order valence-corrected chi connectivity index (χ4v) is 1.83. The molecule has 16 heavy (non-hydrogen) atoms. The van der Waals surface area contributed by atoms with Crippen LogP contribution in [-0.4, -0.2) is 28.1 Å². The summed E-state index contributed by atoms with van der Waals surface area (Å²) in [6.45, 7) is 2.13. The molecule has 0 aliphatic heterocycles. The van der Waals surface area contributed by atoms with Crippen molar-refractivity contribution in [2.75, 3.05) is 6.54 Å². The van der Waals surface area contributed by atoms with Gasteiger partial charge in [-0.05, 0) is 38.3 Å². The van der Waals surface area contributed by atoms with Gasteiger partial charge in [0.1, 0.15) is 0 Å². The Morgan fingerprint density at radius 2 is 2.38 bits per heavy atom. The SMILES string of the molecule is Cc1ncccc1C(=O)NCC1(O)CCC1. The average molecular weight is 220 g/mol. The zero-order valence-corrected chi connectivity index (χ0v) is 9.36. The summed E-state index contributed by atoms with van der Waals surface area (Å²) in [5.41, 5.74) is 0.609. The third kappa shape index (κ3) is 2.22. The summed E-state index contributed by atoms with van der Waals surface area (Å²) in [5, 5.41) is 12.6. The van der Waals surface area contributed by atoms with Gasteiger partial charge in [-0.15, -0.1) is 0 Å². The summed E-state index contributed by atoms with van der Waals surface area (Å²) in [5.74, 6) is -0.161. The lowest BCUT2D eigenvalue weighted by atomic mass is 9.80. The molecule has 2 N–H and O–H groups in total. The van der Waals surface area contributed by atoms with Gasteiger partial charge in [-0.3, -0.25) is 9.78 Å². The first kappa shape index (κ1) is 11.1. The van der Waals surface area contributed by atoms with Crippen molar-refractivity contribution in [3.63, 3.8) is 0 Å². The zero-order valence-electron chi connectivity index (χ0n) is 9.36. The van der Waals surface area contributed by atoms with Crippen molar-refractivity contribution in [2.24, 2.45) is 0 Å². The molecule has 1 aromatic heterocycles. The number of aliphatic hydroxyl groups is 1. The van der Waals surface area contributed by atoms with Crippen molar-refractivity contribution in [1.29, 1.82) is 0 Å². The van der Waals surface area contributed by atoms with Gasteiger partial charge < -0.3 is 10.4 Å². The van der Waals surface area contributed by atoms with Crippen LogP contribution in [-0.2, 0) is 0 Å². The Morgan fingerprint density at radius 3 is 2.94 bits per heavy atom. The number of nitrogens with one attached hydrogen (secondary N) is 1. The maximum Gasteiger partial charge on any atom is 0.253 e. The van der Waals surface area contributed by atoms with Gasteiger partial charge in [0.15, 0.2) is 0 Å². The first-order chi connectivity index (χ1) is 7.61. The van der Waals surface area contributed by atoms with Crippen molar-refractivity contribution in [3.05, 3.63) is 29.6 Å². The number of carbonyl (C=O) groups excluding carboxylic acids is 1. The van der Waals surface area contributed by atoms with Crippen LogP contribution in [0.25, 0.3) is 0 Å². The van der Waals surface area contributed by atoms with Crippen molar-refractivity contribution in [3.8, 4) is 0 Å².